The van der Waals surface area contributed by atoms with Crippen LogP contribution < -0.4 is 9.47 Å². The Morgan fingerprint density at radius 1 is 0.933 bits per heavy atom. The first-order valence-electron chi connectivity index (χ1n) is 9.01. The van der Waals surface area contributed by atoms with E-state index in [-0.39, 0.29) is 11.5 Å². The number of hydrogen-bond donors (Lipinski definition) is 2. The average Bonchev–Trinajstić information content (AvgIpc) is 2.76. The summed E-state index contributed by atoms with van der Waals surface area (Å²) in [5.74, 6) is -1.72. The standard InChI is InChI=1S/C22H24O8/c1-13(22(26)29-4)21(15-7-9-18(27-2)19(12-15)28-3)30-20(25)10-6-14-5-8-16(23)17(24)11-14/h5-13,21,23-24H,1-4H3/b10-6+. The first kappa shape index (κ1) is 22.6. The minimum Gasteiger partial charge on any atom is -0.504 e. The Kier molecular flexibility index (Phi) is 7.69. The van der Waals surface area contributed by atoms with Gasteiger partial charge in [0.25, 0.3) is 0 Å². The number of rotatable bonds is 8. The molecule has 2 atom stereocenters. The van der Waals surface area contributed by atoms with Crippen molar-refractivity contribution in [3.8, 4) is 23.0 Å². The SMILES string of the molecule is COC(=O)C(C)C(OC(=O)/C=C/c1ccc(O)c(O)c1)c1ccc(OC)c(OC)c1. The van der Waals surface area contributed by atoms with Crippen LogP contribution in [0.4, 0.5) is 0 Å². The summed E-state index contributed by atoms with van der Waals surface area (Å²) in [5.41, 5.74) is 1.00. The number of esters is 2. The van der Waals surface area contributed by atoms with E-state index in [1.165, 1.54) is 45.6 Å². The molecule has 2 aromatic carbocycles. The van der Waals surface area contributed by atoms with Gasteiger partial charge in [-0.25, -0.2) is 4.79 Å². The predicted octanol–water partition coefficient (Wildman–Crippen LogP) is 3.22. The second kappa shape index (κ2) is 10.2. The van der Waals surface area contributed by atoms with E-state index in [9.17, 15) is 19.8 Å². The summed E-state index contributed by atoms with van der Waals surface area (Å²) in [5, 5.41) is 18.9. The molecule has 2 rings (SSSR count). The van der Waals surface area contributed by atoms with Gasteiger partial charge in [0.1, 0.15) is 6.10 Å². The van der Waals surface area contributed by atoms with Crippen LogP contribution in [0.15, 0.2) is 42.5 Å². The van der Waals surface area contributed by atoms with Crippen molar-refractivity contribution < 1.29 is 38.7 Å². The maximum atomic E-state index is 12.4. The van der Waals surface area contributed by atoms with Gasteiger partial charge in [-0.2, -0.15) is 0 Å². The fourth-order valence-electron chi connectivity index (χ4n) is 2.77. The molecule has 0 fully saturated rings. The van der Waals surface area contributed by atoms with Crippen molar-refractivity contribution >= 4 is 18.0 Å². The van der Waals surface area contributed by atoms with Crippen LogP contribution in [0.5, 0.6) is 23.0 Å². The Balaban J connectivity index is 2.29. The highest BCUT2D eigenvalue weighted by molar-refractivity contribution is 5.87. The lowest BCUT2D eigenvalue weighted by Crippen LogP contribution is -2.24. The van der Waals surface area contributed by atoms with E-state index in [2.05, 4.69) is 0 Å². The smallest absolute Gasteiger partial charge is 0.331 e. The van der Waals surface area contributed by atoms with Crippen molar-refractivity contribution in [2.75, 3.05) is 21.3 Å². The monoisotopic (exact) mass is 416 g/mol. The lowest BCUT2D eigenvalue weighted by atomic mass is 9.96. The Bertz CT molecular complexity index is 935. The minimum atomic E-state index is -0.942. The summed E-state index contributed by atoms with van der Waals surface area (Å²) >= 11 is 0. The molecule has 8 heteroatoms. The number of phenolic OH excluding ortho intramolecular Hbond substituents is 2. The molecule has 0 aliphatic heterocycles. The number of hydrogen-bond acceptors (Lipinski definition) is 8. The van der Waals surface area contributed by atoms with Crippen LogP contribution >= 0.6 is 0 Å². The highest BCUT2D eigenvalue weighted by Gasteiger charge is 2.30. The van der Waals surface area contributed by atoms with E-state index in [1.54, 1.807) is 25.1 Å². The van der Waals surface area contributed by atoms with E-state index < -0.39 is 24.0 Å². The number of methoxy groups -OCH3 is 3. The first-order valence-corrected chi connectivity index (χ1v) is 9.01. The molecule has 0 aliphatic rings. The molecule has 8 nitrogen and oxygen atoms in total. The summed E-state index contributed by atoms with van der Waals surface area (Å²) < 4.78 is 20.8. The van der Waals surface area contributed by atoms with Gasteiger partial charge >= 0.3 is 11.9 Å². The highest BCUT2D eigenvalue weighted by atomic mass is 16.6. The lowest BCUT2D eigenvalue weighted by molar-refractivity contribution is -0.156. The molecule has 0 spiro atoms. The van der Waals surface area contributed by atoms with Crippen LogP contribution in [-0.2, 0) is 19.1 Å². The van der Waals surface area contributed by atoms with Gasteiger partial charge in [0.15, 0.2) is 23.0 Å². The molecule has 2 N–H and O–H groups in total. The van der Waals surface area contributed by atoms with E-state index in [0.717, 1.165) is 6.08 Å². The molecule has 0 aromatic heterocycles. The molecular formula is C22H24O8. The maximum Gasteiger partial charge on any atom is 0.331 e. The Labute approximate surface area is 174 Å². The Morgan fingerprint density at radius 3 is 2.23 bits per heavy atom. The van der Waals surface area contributed by atoms with Crippen molar-refractivity contribution in [3.05, 3.63) is 53.6 Å². The van der Waals surface area contributed by atoms with Gasteiger partial charge in [-0.05, 0) is 48.4 Å². The minimum absolute atomic E-state index is 0.268. The van der Waals surface area contributed by atoms with Crippen LogP contribution in [0.25, 0.3) is 6.08 Å². The summed E-state index contributed by atoms with van der Waals surface area (Å²) in [7, 11) is 4.23. The van der Waals surface area contributed by atoms with Crippen LogP contribution in [0, 0.1) is 5.92 Å². The molecule has 30 heavy (non-hydrogen) atoms. The van der Waals surface area contributed by atoms with Crippen molar-refractivity contribution in [1.29, 1.82) is 0 Å². The third kappa shape index (κ3) is 5.44. The number of ether oxygens (including phenoxy) is 4. The number of benzene rings is 2. The van der Waals surface area contributed by atoms with E-state index in [1.807, 2.05) is 0 Å². The third-order valence-electron chi connectivity index (χ3n) is 4.42. The fourth-order valence-corrected chi connectivity index (χ4v) is 2.77. The molecule has 0 radical (unpaired) electrons. The number of aromatic hydroxyl groups is 2. The van der Waals surface area contributed by atoms with Crippen molar-refractivity contribution in [2.45, 2.75) is 13.0 Å². The van der Waals surface area contributed by atoms with Gasteiger partial charge < -0.3 is 29.2 Å². The van der Waals surface area contributed by atoms with Crippen molar-refractivity contribution in [3.63, 3.8) is 0 Å². The third-order valence-corrected chi connectivity index (χ3v) is 4.42. The molecule has 2 aromatic rings. The molecule has 0 heterocycles. The molecule has 0 amide bonds. The average molecular weight is 416 g/mol. The molecule has 0 saturated carbocycles. The Morgan fingerprint density at radius 2 is 1.63 bits per heavy atom. The second-order valence-corrected chi connectivity index (χ2v) is 6.37. The number of carbonyl (C=O) groups is 2. The summed E-state index contributed by atoms with van der Waals surface area (Å²) in [6.45, 7) is 1.59. The fraction of sp³-hybridized carbons (Fsp3) is 0.273. The topological polar surface area (TPSA) is 112 Å². The van der Waals surface area contributed by atoms with Crippen molar-refractivity contribution in [2.24, 2.45) is 5.92 Å². The second-order valence-electron chi connectivity index (χ2n) is 6.37. The van der Waals surface area contributed by atoms with Gasteiger partial charge in [0.05, 0.1) is 27.2 Å². The molecule has 2 unspecified atom stereocenters. The van der Waals surface area contributed by atoms with Crippen molar-refractivity contribution in [1.82, 2.24) is 0 Å². The molecular weight excluding hydrogens is 392 g/mol. The first-order chi connectivity index (χ1) is 14.3. The van der Waals surface area contributed by atoms with Gasteiger partial charge in [-0.3, -0.25) is 4.79 Å². The van der Waals surface area contributed by atoms with Gasteiger partial charge in [-0.15, -0.1) is 0 Å². The summed E-state index contributed by atoms with van der Waals surface area (Å²) in [6, 6.07) is 9.04. The van der Waals surface area contributed by atoms with Gasteiger partial charge in [0.2, 0.25) is 0 Å². The normalized spacial score (nSPS) is 12.8. The van der Waals surface area contributed by atoms with Crippen LogP contribution in [-0.4, -0.2) is 43.5 Å². The van der Waals surface area contributed by atoms with Crippen LogP contribution in [0.1, 0.15) is 24.2 Å². The lowest BCUT2D eigenvalue weighted by Gasteiger charge is -2.23. The zero-order valence-corrected chi connectivity index (χ0v) is 17.1. The summed E-state index contributed by atoms with van der Waals surface area (Å²) in [4.78, 5) is 24.5. The molecule has 0 aliphatic carbocycles. The quantitative estimate of drug-likeness (QED) is 0.383. The molecule has 160 valence electrons. The maximum absolute atomic E-state index is 12.4. The molecule has 0 saturated heterocycles. The van der Waals surface area contributed by atoms with E-state index in [0.29, 0.717) is 22.6 Å². The molecule has 0 bridgehead atoms. The summed E-state index contributed by atoms with van der Waals surface area (Å²) in [6.07, 6.45) is 1.63. The Hall–Kier alpha value is -3.68. The highest BCUT2D eigenvalue weighted by Crippen LogP contribution is 2.34. The zero-order chi connectivity index (χ0) is 22.3. The van der Waals surface area contributed by atoms with E-state index in [4.69, 9.17) is 18.9 Å². The predicted molar refractivity (Wildman–Crippen MR) is 108 cm³/mol. The van der Waals surface area contributed by atoms with Crippen LogP contribution in [0.2, 0.25) is 0 Å². The number of carbonyl (C=O) groups excluding carboxylic acids is 2. The van der Waals surface area contributed by atoms with Gasteiger partial charge in [0, 0.05) is 6.08 Å². The number of phenols is 2. The van der Waals surface area contributed by atoms with E-state index >= 15 is 0 Å². The zero-order valence-electron chi connectivity index (χ0n) is 17.1. The van der Waals surface area contributed by atoms with Gasteiger partial charge in [-0.1, -0.05) is 12.1 Å². The van der Waals surface area contributed by atoms with Crippen LogP contribution in [0.3, 0.4) is 0 Å². The largest absolute Gasteiger partial charge is 0.504 e.